The number of nitrogens with zero attached hydrogens (tertiary/aromatic N) is 2. The highest BCUT2D eigenvalue weighted by Gasteiger charge is 2.25. The first kappa shape index (κ1) is 21.8. The molecule has 0 radical (unpaired) electrons. The molecule has 1 aliphatic heterocycles. The maximum atomic E-state index is 13.2. The van der Waals surface area contributed by atoms with Crippen molar-refractivity contribution in [2.45, 2.75) is 43.0 Å². The second-order valence-corrected chi connectivity index (χ2v) is 9.95. The van der Waals surface area contributed by atoms with Gasteiger partial charge in [0.25, 0.3) is 5.91 Å². The molecule has 2 aromatic carbocycles. The van der Waals surface area contributed by atoms with Gasteiger partial charge < -0.3 is 9.80 Å². The molecule has 1 heterocycles. The molecule has 166 valence electrons. The van der Waals surface area contributed by atoms with Gasteiger partial charge in [0.05, 0.1) is 4.90 Å². The fraction of sp³-hybridized carbons (Fsp3) is 0.435. The Morgan fingerprint density at radius 1 is 0.935 bits per heavy atom. The molecule has 0 spiro atoms. The first-order valence-corrected chi connectivity index (χ1v) is 12.3. The number of benzene rings is 2. The Kier molecular flexibility index (Phi) is 6.57. The summed E-state index contributed by atoms with van der Waals surface area (Å²) in [5.74, 6) is -0.438. The van der Waals surface area contributed by atoms with E-state index in [0.29, 0.717) is 25.2 Å². The fourth-order valence-electron chi connectivity index (χ4n) is 4.34. The maximum absolute atomic E-state index is 13.2. The summed E-state index contributed by atoms with van der Waals surface area (Å²) in [6.07, 6.45) is 4.57. The fourth-order valence-corrected chi connectivity index (χ4v) is 5.69. The van der Waals surface area contributed by atoms with E-state index in [1.807, 2.05) is 0 Å². The summed E-state index contributed by atoms with van der Waals surface area (Å²) in [7, 11) is -3.65. The molecule has 2 fully saturated rings. The van der Waals surface area contributed by atoms with Gasteiger partial charge in [0.15, 0.2) is 0 Å². The highest BCUT2D eigenvalue weighted by Crippen LogP contribution is 2.22. The van der Waals surface area contributed by atoms with Crippen LogP contribution in [0.15, 0.2) is 53.4 Å². The van der Waals surface area contributed by atoms with Gasteiger partial charge in [0.2, 0.25) is 10.0 Å². The van der Waals surface area contributed by atoms with E-state index >= 15 is 0 Å². The zero-order valence-corrected chi connectivity index (χ0v) is 18.3. The average molecular weight is 446 g/mol. The van der Waals surface area contributed by atoms with Gasteiger partial charge in [-0.15, -0.1) is 0 Å². The van der Waals surface area contributed by atoms with Gasteiger partial charge in [-0.25, -0.2) is 17.5 Å². The molecule has 1 amide bonds. The number of hydrogen-bond donors (Lipinski definition) is 1. The Labute approximate surface area is 183 Å². The normalized spacial score (nSPS) is 18.2. The maximum Gasteiger partial charge on any atom is 0.253 e. The Hall–Kier alpha value is -2.45. The van der Waals surface area contributed by atoms with Gasteiger partial charge >= 0.3 is 0 Å². The quantitative estimate of drug-likeness (QED) is 0.766. The molecule has 1 N–H and O–H groups in total. The van der Waals surface area contributed by atoms with Crippen LogP contribution in [0.1, 0.15) is 42.5 Å². The minimum Gasteiger partial charge on any atom is -0.370 e. The van der Waals surface area contributed by atoms with E-state index < -0.39 is 10.0 Å². The Morgan fingerprint density at radius 3 is 2.42 bits per heavy atom. The summed E-state index contributed by atoms with van der Waals surface area (Å²) < 4.78 is 41.5. The molecule has 8 heteroatoms. The molecule has 0 atom stereocenters. The summed E-state index contributed by atoms with van der Waals surface area (Å²) in [6, 6.07) is 12.7. The molecule has 31 heavy (non-hydrogen) atoms. The van der Waals surface area contributed by atoms with Crippen LogP contribution < -0.4 is 9.62 Å². The largest absolute Gasteiger partial charge is 0.370 e. The van der Waals surface area contributed by atoms with Crippen molar-refractivity contribution in [3.05, 3.63) is 59.9 Å². The van der Waals surface area contributed by atoms with Gasteiger partial charge in [-0.1, -0.05) is 18.9 Å². The lowest BCUT2D eigenvalue weighted by Crippen LogP contribution is -2.35. The lowest BCUT2D eigenvalue weighted by atomic mass is 10.2. The predicted molar refractivity (Wildman–Crippen MR) is 118 cm³/mol. The third-order valence-corrected chi connectivity index (χ3v) is 7.56. The van der Waals surface area contributed by atoms with Crippen molar-refractivity contribution >= 4 is 21.6 Å². The van der Waals surface area contributed by atoms with Crippen LogP contribution in [-0.4, -0.2) is 51.4 Å². The molecule has 1 aliphatic carbocycles. The van der Waals surface area contributed by atoms with Crippen molar-refractivity contribution in [2.24, 2.45) is 0 Å². The van der Waals surface area contributed by atoms with Crippen molar-refractivity contribution in [2.75, 3.05) is 31.1 Å². The van der Waals surface area contributed by atoms with E-state index in [9.17, 15) is 17.6 Å². The van der Waals surface area contributed by atoms with Crippen LogP contribution in [0.3, 0.4) is 0 Å². The molecule has 0 bridgehead atoms. The van der Waals surface area contributed by atoms with E-state index in [4.69, 9.17) is 0 Å². The predicted octanol–water partition coefficient (Wildman–Crippen LogP) is 3.40. The van der Waals surface area contributed by atoms with Gasteiger partial charge in [-0.2, -0.15) is 0 Å². The second kappa shape index (κ2) is 9.36. The molecule has 6 nitrogen and oxygen atoms in total. The van der Waals surface area contributed by atoms with Crippen molar-refractivity contribution in [1.29, 1.82) is 0 Å². The smallest absolute Gasteiger partial charge is 0.253 e. The number of halogens is 1. The summed E-state index contributed by atoms with van der Waals surface area (Å²) in [6.45, 7) is 2.52. The van der Waals surface area contributed by atoms with Crippen molar-refractivity contribution in [3.8, 4) is 0 Å². The number of anilines is 1. The molecular weight excluding hydrogens is 417 g/mol. The molecule has 0 unspecified atom stereocenters. The van der Waals surface area contributed by atoms with Crippen molar-refractivity contribution in [1.82, 2.24) is 9.62 Å². The van der Waals surface area contributed by atoms with Crippen LogP contribution >= 0.6 is 0 Å². The number of carbonyl (C=O) groups is 1. The molecule has 1 saturated carbocycles. The molecule has 2 aromatic rings. The first-order chi connectivity index (χ1) is 14.9. The SMILES string of the molecule is O=C(c1cccc(S(=O)(=O)NC2CCCC2)c1)N1CCCN(c2ccc(F)cc2)CC1. The molecule has 0 aromatic heterocycles. The van der Waals surface area contributed by atoms with E-state index in [1.54, 1.807) is 29.2 Å². The highest BCUT2D eigenvalue weighted by molar-refractivity contribution is 7.89. The molecule has 4 rings (SSSR count). The molecule has 2 aliphatic rings. The van der Waals surface area contributed by atoms with E-state index in [-0.39, 0.29) is 22.7 Å². The summed E-state index contributed by atoms with van der Waals surface area (Å²) in [5.41, 5.74) is 1.31. The van der Waals surface area contributed by atoms with Crippen molar-refractivity contribution in [3.63, 3.8) is 0 Å². The zero-order chi connectivity index (χ0) is 21.8. The number of amides is 1. The molecular formula is C23H28FN3O3S. The molecule has 1 saturated heterocycles. The van der Waals surface area contributed by atoms with Crippen LogP contribution in [0.2, 0.25) is 0 Å². The van der Waals surface area contributed by atoms with Crippen LogP contribution in [0.25, 0.3) is 0 Å². The van der Waals surface area contributed by atoms with Gasteiger partial charge in [0.1, 0.15) is 5.82 Å². The number of hydrogen-bond acceptors (Lipinski definition) is 4. The van der Waals surface area contributed by atoms with E-state index in [2.05, 4.69) is 9.62 Å². The third kappa shape index (κ3) is 5.25. The summed E-state index contributed by atoms with van der Waals surface area (Å²) in [5, 5.41) is 0. The van der Waals surface area contributed by atoms with Crippen LogP contribution in [-0.2, 0) is 10.0 Å². The number of sulfonamides is 1. The van der Waals surface area contributed by atoms with E-state index in [0.717, 1.165) is 44.3 Å². The highest BCUT2D eigenvalue weighted by atomic mass is 32.2. The number of nitrogens with one attached hydrogen (secondary N) is 1. The summed E-state index contributed by atoms with van der Waals surface area (Å²) in [4.78, 5) is 17.1. The Morgan fingerprint density at radius 2 is 1.68 bits per heavy atom. The standard InChI is InChI=1S/C23H28FN3O3S/c24-19-9-11-21(12-10-19)26-13-4-14-27(16-15-26)23(28)18-5-3-8-22(17-18)31(29,30)25-20-6-1-2-7-20/h3,5,8-12,17,20,25H,1-2,4,6-7,13-16H2. The van der Waals surface area contributed by atoms with Crippen LogP contribution in [0, 0.1) is 5.82 Å². The lowest BCUT2D eigenvalue weighted by Gasteiger charge is -2.24. The lowest BCUT2D eigenvalue weighted by molar-refractivity contribution is 0.0767. The zero-order valence-electron chi connectivity index (χ0n) is 17.5. The van der Waals surface area contributed by atoms with Gasteiger partial charge in [0, 0.05) is 43.5 Å². The van der Waals surface area contributed by atoms with Crippen LogP contribution in [0.4, 0.5) is 10.1 Å². The monoisotopic (exact) mass is 445 g/mol. The average Bonchev–Trinajstić information content (AvgIpc) is 3.14. The van der Waals surface area contributed by atoms with Crippen LogP contribution in [0.5, 0.6) is 0 Å². The van der Waals surface area contributed by atoms with Gasteiger partial charge in [-0.3, -0.25) is 4.79 Å². The number of carbonyl (C=O) groups excluding carboxylic acids is 1. The second-order valence-electron chi connectivity index (χ2n) is 8.24. The topological polar surface area (TPSA) is 69.7 Å². The van der Waals surface area contributed by atoms with Gasteiger partial charge in [-0.05, 0) is 61.7 Å². The van der Waals surface area contributed by atoms with Crippen molar-refractivity contribution < 1.29 is 17.6 Å². The van der Waals surface area contributed by atoms with E-state index in [1.165, 1.54) is 24.3 Å². The number of rotatable bonds is 5. The Balaban J connectivity index is 1.44. The Bertz CT molecular complexity index is 1020. The first-order valence-electron chi connectivity index (χ1n) is 10.8. The minimum atomic E-state index is -3.65. The minimum absolute atomic E-state index is 0.0209. The summed E-state index contributed by atoms with van der Waals surface area (Å²) >= 11 is 0. The third-order valence-electron chi connectivity index (χ3n) is 6.04.